The van der Waals surface area contributed by atoms with Crippen molar-refractivity contribution in [3.63, 3.8) is 0 Å². The topological polar surface area (TPSA) is 90.0 Å². The molecular formula is C21H28N4O4. The second kappa shape index (κ2) is 8.23. The van der Waals surface area contributed by atoms with Crippen molar-refractivity contribution in [3.8, 4) is 0 Å². The molecule has 0 aromatic heterocycles. The van der Waals surface area contributed by atoms with Crippen molar-refractivity contribution in [1.29, 1.82) is 0 Å². The lowest BCUT2D eigenvalue weighted by Gasteiger charge is -2.33. The Balaban J connectivity index is 1.67. The van der Waals surface area contributed by atoms with Gasteiger partial charge < -0.3 is 15.1 Å². The van der Waals surface area contributed by atoms with Crippen LogP contribution in [-0.2, 0) is 0 Å². The largest absolute Gasteiger partial charge is 0.338 e. The van der Waals surface area contributed by atoms with Crippen molar-refractivity contribution in [2.45, 2.75) is 32.7 Å². The molecule has 1 aromatic carbocycles. The predicted molar refractivity (Wildman–Crippen MR) is 108 cm³/mol. The zero-order chi connectivity index (χ0) is 21.3. The normalized spacial score (nSPS) is 17.0. The Morgan fingerprint density at radius 2 is 1.72 bits per heavy atom. The summed E-state index contributed by atoms with van der Waals surface area (Å²) in [5.41, 5.74) is 1.07. The lowest BCUT2D eigenvalue weighted by atomic mass is 10.0. The molecule has 3 rings (SSSR count). The number of likely N-dealkylation sites (tertiary alicyclic amines) is 1. The minimum Gasteiger partial charge on any atom is -0.338 e. The number of nitrogens with zero attached hydrogens (tertiary/aromatic N) is 3. The number of fused-ring (bicyclic) bond motifs is 1. The molecule has 1 aromatic rings. The number of urea groups is 1. The molecule has 1 N–H and O–H groups in total. The van der Waals surface area contributed by atoms with Crippen LogP contribution in [0.3, 0.4) is 0 Å². The molecule has 2 aliphatic heterocycles. The Morgan fingerprint density at radius 3 is 2.31 bits per heavy atom. The Labute approximate surface area is 170 Å². The van der Waals surface area contributed by atoms with Gasteiger partial charge in [-0.3, -0.25) is 19.3 Å². The number of carbonyl (C=O) groups excluding carboxylic acids is 4. The zero-order valence-corrected chi connectivity index (χ0v) is 17.4. The Morgan fingerprint density at radius 1 is 1.10 bits per heavy atom. The number of imide groups is 1. The predicted octanol–water partition coefficient (Wildman–Crippen LogP) is 1.81. The van der Waals surface area contributed by atoms with Crippen molar-refractivity contribution in [3.05, 3.63) is 34.9 Å². The van der Waals surface area contributed by atoms with Gasteiger partial charge in [0.15, 0.2) is 0 Å². The Kier molecular flexibility index (Phi) is 5.91. The molecule has 0 atom stereocenters. The molecule has 0 bridgehead atoms. The molecule has 0 unspecified atom stereocenters. The number of hydrogen-bond acceptors (Lipinski definition) is 4. The van der Waals surface area contributed by atoms with Crippen molar-refractivity contribution in [2.75, 3.05) is 33.7 Å². The van der Waals surface area contributed by atoms with Crippen LogP contribution in [-0.4, -0.2) is 78.2 Å². The summed E-state index contributed by atoms with van der Waals surface area (Å²) in [7, 11) is 3.38. The highest BCUT2D eigenvalue weighted by Gasteiger charge is 2.36. The number of hydrogen-bond donors (Lipinski definition) is 1. The molecule has 0 aliphatic carbocycles. The molecule has 156 valence electrons. The molecule has 29 heavy (non-hydrogen) atoms. The van der Waals surface area contributed by atoms with Gasteiger partial charge in [-0.1, -0.05) is 13.8 Å². The molecule has 5 amide bonds. The molecule has 1 fully saturated rings. The number of amides is 5. The summed E-state index contributed by atoms with van der Waals surface area (Å²) in [6.45, 7) is 5.31. The standard InChI is InChI=1S/C21H28N4O4/c1-13(2)12-25-19(27)16-6-5-14(11-17(16)20(25)28)18(26)24-9-7-15(8-10-24)22-21(29)23(3)4/h5-6,11,13,15H,7-10,12H2,1-4H3,(H,22,29). The van der Waals surface area contributed by atoms with Gasteiger partial charge >= 0.3 is 6.03 Å². The SMILES string of the molecule is CC(C)CN1C(=O)c2ccc(C(=O)N3CCC(NC(=O)N(C)C)CC3)cc2C1=O. The maximum Gasteiger partial charge on any atom is 0.317 e. The van der Waals surface area contributed by atoms with Crippen molar-refractivity contribution in [1.82, 2.24) is 20.0 Å². The van der Waals surface area contributed by atoms with Gasteiger partial charge in [0.25, 0.3) is 17.7 Å². The fraction of sp³-hybridized carbons (Fsp3) is 0.524. The van der Waals surface area contributed by atoms with E-state index in [1.807, 2.05) is 13.8 Å². The molecule has 0 radical (unpaired) electrons. The number of rotatable bonds is 4. The van der Waals surface area contributed by atoms with Gasteiger partial charge in [-0.05, 0) is 37.0 Å². The average molecular weight is 400 g/mol. The van der Waals surface area contributed by atoms with Gasteiger partial charge in [-0.25, -0.2) is 4.79 Å². The van der Waals surface area contributed by atoms with Crippen molar-refractivity contribution >= 4 is 23.8 Å². The third kappa shape index (κ3) is 4.26. The van der Waals surface area contributed by atoms with E-state index < -0.39 is 0 Å². The number of piperidine rings is 1. The molecule has 8 nitrogen and oxygen atoms in total. The smallest absolute Gasteiger partial charge is 0.317 e. The number of benzene rings is 1. The summed E-state index contributed by atoms with van der Waals surface area (Å²) in [6, 6.07) is 4.64. The van der Waals surface area contributed by atoms with E-state index in [-0.39, 0.29) is 35.7 Å². The Hall–Kier alpha value is -2.90. The summed E-state index contributed by atoms with van der Waals surface area (Å²) in [4.78, 5) is 54.3. The van der Waals surface area contributed by atoms with E-state index >= 15 is 0 Å². The molecule has 2 aliphatic rings. The average Bonchev–Trinajstić information content (AvgIpc) is 2.92. The van der Waals surface area contributed by atoms with E-state index in [9.17, 15) is 19.2 Å². The fourth-order valence-electron chi connectivity index (χ4n) is 3.67. The maximum absolute atomic E-state index is 12.9. The van der Waals surface area contributed by atoms with E-state index in [0.29, 0.717) is 49.2 Å². The number of carbonyl (C=O) groups is 4. The van der Waals surface area contributed by atoms with Crippen LogP contribution in [0.1, 0.15) is 57.8 Å². The first-order chi connectivity index (χ1) is 13.7. The van der Waals surface area contributed by atoms with Crippen molar-refractivity contribution < 1.29 is 19.2 Å². The molecule has 0 spiro atoms. The molecule has 1 saturated heterocycles. The highest BCUT2D eigenvalue weighted by Crippen LogP contribution is 2.26. The lowest BCUT2D eigenvalue weighted by Crippen LogP contribution is -2.48. The first-order valence-electron chi connectivity index (χ1n) is 9.96. The summed E-state index contributed by atoms with van der Waals surface area (Å²) >= 11 is 0. The van der Waals surface area contributed by atoms with Gasteiger partial charge in [0, 0.05) is 45.3 Å². The van der Waals surface area contributed by atoms with Gasteiger partial charge in [0.1, 0.15) is 0 Å². The lowest BCUT2D eigenvalue weighted by molar-refractivity contribution is 0.0635. The quantitative estimate of drug-likeness (QED) is 0.781. The van der Waals surface area contributed by atoms with Gasteiger partial charge in [-0.15, -0.1) is 0 Å². The highest BCUT2D eigenvalue weighted by atomic mass is 16.2. The fourth-order valence-corrected chi connectivity index (χ4v) is 3.67. The van der Waals surface area contributed by atoms with E-state index in [1.165, 1.54) is 15.9 Å². The van der Waals surface area contributed by atoms with Crippen LogP contribution < -0.4 is 5.32 Å². The van der Waals surface area contributed by atoms with E-state index in [2.05, 4.69) is 5.32 Å². The minimum atomic E-state index is -0.335. The maximum atomic E-state index is 12.9. The molecule has 2 heterocycles. The van der Waals surface area contributed by atoms with Crippen LogP contribution in [0.15, 0.2) is 18.2 Å². The van der Waals surface area contributed by atoms with Gasteiger partial charge in [0.2, 0.25) is 0 Å². The third-order valence-corrected chi connectivity index (χ3v) is 5.28. The van der Waals surface area contributed by atoms with Gasteiger partial charge in [0.05, 0.1) is 11.1 Å². The number of nitrogens with one attached hydrogen (secondary N) is 1. The van der Waals surface area contributed by atoms with Crippen LogP contribution in [0.5, 0.6) is 0 Å². The summed E-state index contributed by atoms with van der Waals surface area (Å²) in [5, 5.41) is 2.94. The van der Waals surface area contributed by atoms with Crippen molar-refractivity contribution in [2.24, 2.45) is 5.92 Å². The molecule has 8 heteroatoms. The zero-order valence-electron chi connectivity index (χ0n) is 17.4. The second-order valence-electron chi connectivity index (χ2n) is 8.29. The summed E-state index contributed by atoms with van der Waals surface area (Å²) in [5.74, 6) is -0.617. The first-order valence-corrected chi connectivity index (χ1v) is 9.96. The van der Waals surface area contributed by atoms with Crippen LogP contribution in [0, 0.1) is 5.92 Å². The first kappa shape index (κ1) is 20.8. The minimum absolute atomic E-state index is 0.0396. The van der Waals surface area contributed by atoms with E-state index in [0.717, 1.165) is 0 Å². The van der Waals surface area contributed by atoms with Crippen LogP contribution in [0.25, 0.3) is 0 Å². The summed E-state index contributed by atoms with van der Waals surface area (Å²) < 4.78 is 0. The van der Waals surface area contributed by atoms with E-state index in [4.69, 9.17) is 0 Å². The highest BCUT2D eigenvalue weighted by molar-refractivity contribution is 6.22. The van der Waals surface area contributed by atoms with Crippen LogP contribution in [0.2, 0.25) is 0 Å². The van der Waals surface area contributed by atoms with E-state index in [1.54, 1.807) is 31.1 Å². The van der Waals surface area contributed by atoms with Crippen LogP contribution in [0.4, 0.5) is 4.79 Å². The monoisotopic (exact) mass is 400 g/mol. The Bertz CT molecular complexity index is 841. The third-order valence-electron chi connectivity index (χ3n) is 5.28. The van der Waals surface area contributed by atoms with Crippen LogP contribution >= 0.6 is 0 Å². The molecule has 0 saturated carbocycles. The molecular weight excluding hydrogens is 372 g/mol. The summed E-state index contributed by atoms with van der Waals surface area (Å²) in [6.07, 6.45) is 1.35. The second-order valence-corrected chi connectivity index (χ2v) is 8.29. The van der Waals surface area contributed by atoms with Gasteiger partial charge in [-0.2, -0.15) is 0 Å².